The molecule has 3 heterocycles. The van der Waals surface area contributed by atoms with Gasteiger partial charge in [-0.2, -0.15) is 5.10 Å². The number of hydrogen-bond acceptors (Lipinski definition) is 3. The molecule has 2 aromatic carbocycles. The Morgan fingerprint density at radius 2 is 1.45 bits per heavy atom. The first-order chi connectivity index (χ1) is 14.4. The Morgan fingerprint density at radius 1 is 0.655 bits per heavy atom. The zero-order chi connectivity index (χ0) is 19.5. The quantitative estimate of drug-likeness (QED) is 0.404. The van der Waals surface area contributed by atoms with E-state index in [0.717, 1.165) is 28.7 Å². The minimum Gasteiger partial charge on any atom is -0.324 e. The molecule has 0 aliphatic carbocycles. The van der Waals surface area contributed by atoms with Crippen molar-refractivity contribution in [3.8, 4) is 11.5 Å². The zero-order valence-corrected chi connectivity index (χ0v) is 15.7. The molecule has 0 saturated heterocycles. The first kappa shape index (κ1) is 17.0. The average molecular weight is 377 g/mol. The van der Waals surface area contributed by atoms with Crippen LogP contribution in [-0.4, -0.2) is 19.3 Å². The highest BCUT2D eigenvalue weighted by Gasteiger charge is 2.15. The van der Waals surface area contributed by atoms with E-state index in [4.69, 9.17) is 4.98 Å². The van der Waals surface area contributed by atoms with Gasteiger partial charge in [-0.3, -0.25) is 4.90 Å². The molecule has 0 amide bonds. The first-order valence-corrected chi connectivity index (χ1v) is 9.44. The van der Waals surface area contributed by atoms with Gasteiger partial charge in [-0.25, -0.2) is 9.67 Å². The van der Waals surface area contributed by atoms with Crippen LogP contribution in [0.4, 0.5) is 17.2 Å². The van der Waals surface area contributed by atoms with E-state index in [1.54, 1.807) is 10.9 Å². The molecule has 3 aromatic heterocycles. The van der Waals surface area contributed by atoms with Gasteiger partial charge in [-0.05, 0) is 60.7 Å². The Kier molecular flexibility index (Phi) is 4.39. The Bertz CT molecular complexity index is 1120. The van der Waals surface area contributed by atoms with Crippen LogP contribution in [-0.2, 0) is 0 Å². The molecular formula is C24H19N5. The predicted molar refractivity (Wildman–Crippen MR) is 115 cm³/mol. The smallest absolute Gasteiger partial charge is 0.155 e. The molecule has 0 aliphatic rings. The number of hydrogen-bond donors (Lipinski definition) is 0. The summed E-state index contributed by atoms with van der Waals surface area (Å²) >= 11 is 0. The molecule has 0 N–H and O–H groups in total. The van der Waals surface area contributed by atoms with Crippen molar-refractivity contribution in [2.75, 3.05) is 4.90 Å². The fourth-order valence-electron chi connectivity index (χ4n) is 3.36. The van der Waals surface area contributed by atoms with E-state index >= 15 is 0 Å². The summed E-state index contributed by atoms with van der Waals surface area (Å²) in [5.74, 6) is 1.60. The number of anilines is 3. The second-order valence-corrected chi connectivity index (χ2v) is 6.59. The molecular weight excluding hydrogens is 358 g/mol. The third-order valence-electron chi connectivity index (χ3n) is 4.69. The van der Waals surface area contributed by atoms with Gasteiger partial charge in [0, 0.05) is 41.8 Å². The lowest BCUT2D eigenvalue weighted by Crippen LogP contribution is -2.13. The lowest BCUT2D eigenvalue weighted by molar-refractivity contribution is 0.846. The molecule has 5 nitrogen and oxygen atoms in total. The van der Waals surface area contributed by atoms with Crippen molar-refractivity contribution < 1.29 is 0 Å². The monoisotopic (exact) mass is 377 g/mol. The highest BCUT2D eigenvalue weighted by Crippen LogP contribution is 2.34. The summed E-state index contributed by atoms with van der Waals surface area (Å²) in [5.41, 5.74) is 3.17. The highest BCUT2D eigenvalue weighted by molar-refractivity contribution is 5.75. The third-order valence-corrected chi connectivity index (χ3v) is 4.69. The molecule has 0 atom stereocenters. The molecule has 0 unspecified atom stereocenters. The Hall–Kier alpha value is -4.12. The van der Waals surface area contributed by atoms with Crippen LogP contribution in [0.5, 0.6) is 0 Å². The lowest BCUT2D eigenvalue weighted by Gasteiger charge is -2.25. The molecule has 0 fully saturated rings. The molecule has 0 saturated carbocycles. The van der Waals surface area contributed by atoms with Crippen molar-refractivity contribution >= 4 is 17.2 Å². The molecule has 0 spiro atoms. The van der Waals surface area contributed by atoms with E-state index in [-0.39, 0.29) is 0 Å². The molecule has 0 radical (unpaired) electrons. The maximum Gasteiger partial charge on any atom is 0.155 e. The molecule has 0 bridgehead atoms. The van der Waals surface area contributed by atoms with Gasteiger partial charge in [0.15, 0.2) is 5.82 Å². The second-order valence-electron chi connectivity index (χ2n) is 6.59. The van der Waals surface area contributed by atoms with Crippen LogP contribution < -0.4 is 4.90 Å². The zero-order valence-electron chi connectivity index (χ0n) is 15.7. The van der Waals surface area contributed by atoms with Crippen molar-refractivity contribution in [1.82, 2.24) is 19.3 Å². The Balaban J connectivity index is 1.64. The van der Waals surface area contributed by atoms with Crippen LogP contribution in [0.2, 0.25) is 0 Å². The standard InChI is InChI=1S/C24H19N5/c1-2-9-20(10-3-1)29(22-12-6-11-21(19-22)27-16-4-5-17-27)24-14-7-13-23(26-24)28-18-8-15-25-28/h1-19H. The van der Waals surface area contributed by atoms with Crippen molar-refractivity contribution in [2.24, 2.45) is 0 Å². The van der Waals surface area contributed by atoms with Crippen LogP contribution in [0.25, 0.3) is 11.5 Å². The van der Waals surface area contributed by atoms with E-state index in [1.165, 1.54) is 0 Å². The molecule has 140 valence electrons. The van der Waals surface area contributed by atoms with Crippen molar-refractivity contribution in [1.29, 1.82) is 0 Å². The van der Waals surface area contributed by atoms with Crippen molar-refractivity contribution in [3.05, 3.63) is 116 Å². The van der Waals surface area contributed by atoms with Gasteiger partial charge < -0.3 is 4.57 Å². The SMILES string of the molecule is c1ccc(N(c2cccc(-n3cccc3)c2)c2cccc(-n3cccn3)n2)cc1. The summed E-state index contributed by atoms with van der Waals surface area (Å²) < 4.78 is 3.86. The van der Waals surface area contributed by atoms with Gasteiger partial charge in [0.2, 0.25) is 0 Å². The summed E-state index contributed by atoms with van der Waals surface area (Å²) in [6.45, 7) is 0. The van der Waals surface area contributed by atoms with E-state index in [0.29, 0.717) is 0 Å². The van der Waals surface area contributed by atoms with Gasteiger partial charge in [0.1, 0.15) is 5.82 Å². The van der Waals surface area contributed by atoms with Gasteiger partial charge >= 0.3 is 0 Å². The first-order valence-electron chi connectivity index (χ1n) is 9.44. The van der Waals surface area contributed by atoms with E-state index in [9.17, 15) is 0 Å². The largest absolute Gasteiger partial charge is 0.324 e. The van der Waals surface area contributed by atoms with Gasteiger partial charge in [0.05, 0.1) is 0 Å². The van der Waals surface area contributed by atoms with Gasteiger partial charge in [-0.1, -0.05) is 30.3 Å². The van der Waals surface area contributed by atoms with Gasteiger partial charge in [0.25, 0.3) is 0 Å². The van der Waals surface area contributed by atoms with Crippen molar-refractivity contribution in [3.63, 3.8) is 0 Å². The van der Waals surface area contributed by atoms with Crippen LogP contribution in [0.3, 0.4) is 0 Å². The minimum atomic E-state index is 0.773. The maximum absolute atomic E-state index is 4.88. The fraction of sp³-hybridized carbons (Fsp3) is 0. The molecule has 5 aromatic rings. The molecule has 0 aliphatic heterocycles. The number of para-hydroxylation sites is 1. The number of rotatable bonds is 5. The summed E-state index contributed by atoms with van der Waals surface area (Å²) in [6, 6.07) is 30.6. The van der Waals surface area contributed by atoms with E-state index < -0.39 is 0 Å². The Morgan fingerprint density at radius 3 is 2.24 bits per heavy atom. The van der Waals surface area contributed by atoms with Crippen LogP contribution in [0.1, 0.15) is 0 Å². The average Bonchev–Trinajstić information content (AvgIpc) is 3.50. The lowest BCUT2D eigenvalue weighted by atomic mass is 10.2. The molecule has 5 heteroatoms. The predicted octanol–water partition coefficient (Wildman–Crippen LogP) is 5.53. The molecule has 29 heavy (non-hydrogen) atoms. The molecule has 5 rings (SSSR count). The Labute approximate surface area is 169 Å². The third kappa shape index (κ3) is 3.41. The summed E-state index contributed by atoms with van der Waals surface area (Å²) in [7, 11) is 0. The number of pyridine rings is 1. The van der Waals surface area contributed by atoms with Crippen LogP contribution >= 0.6 is 0 Å². The normalized spacial score (nSPS) is 10.8. The second kappa shape index (κ2) is 7.48. The van der Waals surface area contributed by atoms with E-state index in [1.807, 2.05) is 73.2 Å². The summed E-state index contributed by atoms with van der Waals surface area (Å²) in [4.78, 5) is 7.03. The number of benzene rings is 2. The fourth-order valence-corrected chi connectivity index (χ4v) is 3.36. The number of nitrogens with zero attached hydrogens (tertiary/aromatic N) is 5. The summed E-state index contributed by atoms with van der Waals surface area (Å²) in [5, 5.41) is 4.31. The van der Waals surface area contributed by atoms with Gasteiger partial charge in [-0.15, -0.1) is 0 Å². The summed E-state index contributed by atoms with van der Waals surface area (Å²) in [6.07, 6.45) is 7.74. The maximum atomic E-state index is 4.88. The number of aromatic nitrogens is 4. The van der Waals surface area contributed by atoms with Crippen molar-refractivity contribution in [2.45, 2.75) is 0 Å². The topological polar surface area (TPSA) is 38.9 Å². The van der Waals surface area contributed by atoms with Crippen LogP contribution in [0.15, 0.2) is 116 Å². The minimum absolute atomic E-state index is 0.773. The van der Waals surface area contributed by atoms with Crippen LogP contribution in [0, 0.1) is 0 Å². The van der Waals surface area contributed by atoms with E-state index in [2.05, 4.69) is 51.0 Å². The highest BCUT2D eigenvalue weighted by atomic mass is 15.3.